The molecule has 0 saturated heterocycles. The second-order valence-electron chi connectivity index (χ2n) is 5.78. The van der Waals surface area contributed by atoms with Crippen molar-refractivity contribution in [1.29, 1.82) is 0 Å². The lowest BCUT2D eigenvalue weighted by Gasteiger charge is -2.19. The molecule has 0 spiro atoms. The Morgan fingerprint density at radius 3 is 2.20 bits per heavy atom. The first-order valence-corrected chi connectivity index (χ1v) is 8.11. The maximum atomic E-state index is 6.19. The van der Waals surface area contributed by atoms with Crippen LogP contribution in [0.1, 0.15) is 39.0 Å². The minimum atomic E-state index is 0.150. The van der Waals surface area contributed by atoms with E-state index in [1.165, 1.54) is 5.56 Å². The molecule has 2 rings (SSSR count). The minimum Gasteiger partial charge on any atom is -0.232 e. The average molecular weight is 401 g/mol. The van der Waals surface area contributed by atoms with Crippen molar-refractivity contribution in [2.75, 3.05) is 0 Å². The van der Waals surface area contributed by atoms with Gasteiger partial charge < -0.3 is 0 Å². The molecule has 1 aromatic heterocycles. The summed E-state index contributed by atoms with van der Waals surface area (Å²) in [6, 6.07) is 8.41. The Hall–Kier alpha value is -0.680. The number of rotatable bonds is 2. The van der Waals surface area contributed by atoms with Crippen molar-refractivity contribution < 1.29 is 0 Å². The lowest BCUT2D eigenvalue weighted by atomic mass is 9.87. The number of benzene rings is 1. The summed E-state index contributed by atoms with van der Waals surface area (Å²) in [5, 5.41) is 0.535. The number of halogens is 2. The first kappa shape index (κ1) is 15.7. The van der Waals surface area contributed by atoms with Gasteiger partial charge in [0, 0.05) is 5.56 Å². The van der Waals surface area contributed by atoms with Gasteiger partial charge in [-0.05, 0) is 40.0 Å². The van der Waals surface area contributed by atoms with Gasteiger partial charge in [-0.15, -0.1) is 0 Å². The number of nitrogens with zero attached hydrogens (tertiary/aromatic N) is 2. The molecule has 1 aromatic carbocycles. The van der Waals surface area contributed by atoms with E-state index < -0.39 is 0 Å². The van der Waals surface area contributed by atoms with Crippen molar-refractivity contribution in [1.82, 2.24) is 9.97 Å². The number of hydrogen-bond acceptors (Lipinski definition) is 2. The first-order chi connectivity index (χ1) is 9.32. The van der Waals surface area contributed by atoms with Crippen molar-refractivity contribution in [2.24, 2.45) is 0 Å². The van der Waals surface area contributed by atoms with Crippen molar-refractivity contribution in [2.45, 2.75) is 39.5 Å². The van der Waals surface area contributed by atoms with Crippen molar-refractivity contribution in [3.05, 3.63) is 44.2 Å². The Kier molecular flexibility index (Phi) is 4.69. The Morgan fingerprint density at radius 1 is 1.10 bits per heavy atom. The highest BCUT2D eigenvalue weighted by molar-refractivity contribution is 14.1. The molecule has 2 aromatic rings. The highest BCUT2D eigenvalue weighted by Gasteiger charge is 2.15. The standard InChI is InChI=1S/C16H18ClIN2/c1-5-12-13(18)14(17)20-15(19-12)10-6-8-11(9-7-10)16(2,3)4/h6-9H,5H2,1-4H3. The summed E-state index contributed by atoms with van der Waals surface area (Å²) in [6.45, 7) is 8.69. The zero-order chi connectivity index (χ0) is 14.9. The summed E-state index contributed by atoms with van der Waals surface area (Å²) < 4.78 is 0.946. The van der Waals surface area contributed by atoms with Gasteiger partial charge in [0.25, 0.3) is 0 Å². The van der Waals surface area contributed by atoms with E-state index >= 15 is 0 Å². The third-order valence-corrected chi connectivity index (χ3v) is 4.95. The third-order valence-electron chi connectivity index (χ3n) is 3.22. The molecule has 0 bridgehead atoms. The van der Waals surface area contributed by atoms with Crippen LogP contribution in [-0.2, 0) is 11.8 Å². The van der Waals surface area contributed by atoms with E-state index in [0.29, 0.717) is 11.0 Å². The summed E-state index contributed by atoms with van der Waals surface area (Å²) in [5.74, 6) is 0.702. The molecule has 0 aliphatic heterocycles. The molecule has 20 heavy (non-hydrogen) atoms. The number of hydrogen-bond donors (Lipinski definition) is 0. The summed E-state index contributed by atoms with van der Waals surface area (Å²) in [4.78, 5) is 9.00. The normalized spacial score (nSPS) is 11.7. The molecule has 0 amide bonds. The zero-order valence-electron chi connectivity index (χ0n) is 12.2. The van der Waals surface area contributed by atoms with Gasteiger partial charge in [-0.3, -0.25) is 0 Å². The van der Waals surface area contributed by atoms with Crippen LogP contribution in [0.3, 0.4) is 0 Å². The third kappa shape index (κ3) is 3.31. The lowest BCUT2D eigenvalue weighted by molar-refractivity contribution is 0.590. The van der Waals surface area contributed by atoms with Crippen LogP contribution in [0.15, 0.2) is 24.3 Å². The van der Waals surface area contributed by atoms with Gasteiger partial charge >= 0.3 is 0 Å². The van der Waals surface area contributed by atoms with Gasteiger partial charge in [0.1, 0.15) is 5.15 Å². The van der Waals surface area contributed by atoms with E-state index in [1.54, 1.807) is 0 Å². The number of aryl methyl sites for hydroxylation is 1. The molecule has 0 unspecified atom stereocenters. The molecule has 106 valence electrons. The molecule has 0 radical (unpaired) electrons. The Balaban J connectivity index is 2.44. The van der Waals surface area contributed by atoms with Crippen LogP contribution in [0.2, 0.25) is 5.15 Å². The Labute approximate surface area is 139 Å². The summed E-state index contributed by atoms with van der Waals surface area (Å²) in [6.07, 6.45) is 0.855. The molecule has 1 heterocycles. The monoisotopic (exact) mass is 400 g/mol. The van der Waals surface area contributed by atoms with Gasteiger partial charge in [-0.25, -0.2) is 9.97 Å². The van der Waals surface area contributed by atoms with E-state index in [1.807, 2.05) is 0 Å². The van der Waals surface area contributed by atoms with Gasteiger partial charge in [0.15, 0.2) is 5.82 Å². The van der Waals surface area contributed by atoms with Crippen LogP contribution in [0.4, 0.5) is 0 Å². The maximum absolute atomic E-state index is 6.19. The van der Waals surface area contributed by atoms with E-state index in [2.05, 4.69) is 84.5 Å². The fourth-order valence-corrected chi connectivity index (χ4v) is 2.76. The summed E-state index contributed by atoms with van der Waals surface area (Å²) in [7, 11) is 0. The van der Waals surface area contributed by atoms with Crippen LogP contribution in [0, 0.1) is 3.57 Å². The van der Waals surface area contributed by atoms with Crippen molar-refractivity contribution >= 4 is 34.2 Å². The van der Waals surface area contributed by atoms with Crippen molar-refractivity contribution in [3.63, 3.8) is 0 Å². The topological polar surface area (TPSA) is 25.8 Å². The highest BCUT2D eigenvalue weighted by atomic mass is 127. The predicted molar refractivity (Wildman–Crippen MR) is 93.3 cm³/mol. The zero-order valence-corrected chi connectivity index (χ0v) is 15.1. The molecule has 0 aliphatic rings. The molecule has 0 atom stereocenters. The fourth-order valence-electron chi connectivity index (χ4n) is 1.95. The van der Waals surface area contributed by atoms with Gasteiger partial charge in [-0.2, -0.15) is 0 Å². The first-order valence-electron chi connectivity index (χ1n) is 6.65. The average Bonchev–Trinajstić information content (AvgIpc) is 2.41. The molecular formula is C16H18ClIN2. The molecule has 0 saturated carbocycles. The SMILES string of the molecule is CCc1nc(-c2ccc(C(C)(C)C)cc2)nc(Cl)c1I. The largest absolute Gasteiger partial charge is 0.232 e. The summed E-state index contributed by atoms with van der Waals surface area (Å²) in [5.41, 5.74) is 3.46. The fraction of sp³-hybridized carbons (Fsp3) is 0.375. The van der Waals surface area contributed by atoms with E-state index in [9.17, 15) is 0 Å². The van der Waals surface area contributed by atoms with Crippen LogP contribution in [-0.4, -0.2) is 9.97 Å². The minimum absolute atomic E-state index is 0.150. The van der Waals surface area contributed by atoms with Gasteiger partial charge in [0.05, 0.1) is 9.26 Å². The van der Waals surface area contributed by atoms with E-state index in [0.717, 1.165) is 21.2 Å². The smallest absolute Gasteiger partial charge is 0.161 e. The van der Waals surface area contributed by atoms with Crippen LogP contribution < -0.4 is 0 Å². The maximum Gasteiger partial charge on any atom is 0.161 e. The van der Waals surface area contributed by atoms with E-state index in [-0.39, 0.29) is 5.41 Å². The molecule has 0 aliphatic carbocycles. The van der Waals surface area contributed by atoms with Gasteiger partial charge in [-0.1, -0.05) is 63.6 Å². The molecular weight excluding hydrogens is 383 g/mol. The second-order valence-corrected chi connectivity index (χ2v) is 7.22. The quantitative estimate of drug-likeness (QED) is 0.507. The number of aromatic nitrogens is 2. The second kappa shape index (κ2) is 5.98. The highest BCUT2D eigenvalue weighted by Crippen LogP contribution is 2.27. The molecule has 0 N–H and O–H groups in total. The summed E-state index contributed by atoms with van der Waals surface area (Å²) >= 11 is 8.39. The molecule has 4 heteroatoms. The molecule has 2 nitrogen and oxygen atoms in total. The Morgan fingerprint density at radius 2 is 1.70 bits per heavy atom. The van der Waals surface area contributed by atoms with Gasteiger partial charge in [0.2, 0.25) is 0 Å². The lowest BCUT2D eigenvalue weighted by Crippen LogP contribution is -2.10. The van der Waals surface area contributed by atoms with Crippen LogP contribution in [0.5, 0.6) is 0 Å². The van der Waals surface area contributed by atoms with Crippen LogP contribution in [0.25, 0.3) is 11.4 Å². The predicted octanol–water partition coefficient (Wildman–Crippen LogP) is 5.26. The molecule has 0 fully saturated rings. The van der Waals surface area contributed by atoms with Crippen molar-refractivity contribution in [3.8, 4) is 11.4 Å². The Bertz CT molecular complexity index is 616. The van der Waals surface area contributed by atoms with E-state index in [4.69, 9.17) is 11.6 Å². The van der Waals surface area contributed by atoms with Crippen LogP contribution >= 0.6 is 34.2 Å².